The minimum atomic E-state index is -0.591. The number of rotatable bonds is 11. The quantitative estimate of drug-likeness (QED) is 0.501. The van der Waals surface area contributed by atoms with Crippen LogP contribution in [-0.2, 0) is 22.6 Å². The fourth-order valence-corrected chi connectivity index (χ4v) is 3.71. The summed E-state index contributed by atoms with van der Waals surface area (Å²) >= 11 is 0. The van der Waals surface area contributed by atoms with E-state index in [1.807, 2.05) is 77.9 Å². The van der Waals surface area contributed by atoms with Gasteiger partial charge >= 0.3 is 0 Å². The van der Waals surface area contributed by atoms with Gasteiger partial charge in [-0.1, -0.05) is 35.9 Å². The van der Waals surface area contributed by atoms with Crippen molar-refractivity contribution in [1.29, 1.82) is 0 Å². The van der Waals surface area contributed by atoms with Crippen LogP contribution < -0.4 is 14.8 Å². The van der Waals surface area contributed by atoms with Crippen LogP contribution in [0.5, 0.6) is 11.5 Å². The number of nitrogens with zero attached hydrogens (tertiary/aromatic N) is 1. The van der Waals surface area contributed by atoms with Crippen molar-refractivity contribution >= 4 is 11.8 Å². The Bertz CT molecular complexity index is 965. The summed E-state index contributed by atoms with van der Waals surface area (Å²) in [5, 5.41) is 3.00. The van der Waals surface area contributed by atoms with Gasteiger partial charge in [0.25, 0.3) is 0 Å². The molecule has 6 heteroatoms. The molecule has 0 radical (unpaired) electrons. The second-order valence-electron chi connectivity index (χ2n) is 9.57. The Kier molecular flexibility index (Phi) is 9.97. The van der Waals surface area contributed by atoms with Crippen molar-refractivity contribution in [2.24, 2.45) is 0 Å². The zero-order valence-electron chi connectivity index (χ0n) is 21.7. The summed E-state index contributed by atoms with van der Waals surface area (Å²) in [7, 11) is 0. The van der Waals surface area contributed by atoms with Crippen molar-refractivity contribution in [3.05, 3.63) is 59.2 Å². The lowest BCUT2D eigenvalue weighted by Crippen LogP contribution is -2.52. The summed E-state index contributed by atoms with van der Waals surface area (Å²) < 4.78 is 11.4. The highest BCUT2D eigenvalue weighted by atomic mass is 16.5. The maximum atomic E-state index is 13.4. The van der Waals surface area contributed by atoms with Crippen LogP contribution in [0.3, 0.4) is 0 Å². The number of amides is 2. The zero-order chi connectivity index (χ0) is 25.3. The average Bonchev–Trinajstić information content (AvgIpc) is 2.76. The molecule has 0 aromatic heterocycles. The predicted octanol–water partition coefficient (Wildman–Crippen LogP) is 5.06. The molecule has 1 atom stereocenters. The average molecular weight is 469 g/mol. The second-order valence-corrected chi connectivity index (χ2v) is 9.57. The van der Waals surface area contributed by atoms with Gasteiger partial charge in [0, 0.05) is 18.5 Å². The van der Waals surface area contributed by atoms with Crippen LogP contribution >= 0.6 is 0 Å². The SMILES string of the molecule is CCOc1ccc(CCC(=O)N(Cc2cccc(C)c2)[C@H](C)C(=O)NC(C)(C)C)cc1OCC. The van der Waals surface area contributed by atoms with E-state index in [0.717, 1.165) is 16.7 Å². The van der Waals surface area contributed by atoms with Gasteiger partial charge in [0.15, 0.2) is 11.5 Å². The Morgan fingerprint density at radius 2 is 1.65 bits per heavy atom. The Morgan fingerprint density at radius 1 is 0.971 bits per heavy atom. The lowest BCUT2D eigenvalue weighted by Gasteiger charge is -2.31. The van der Waals surface area contributed by atoms with Gasteiger partial charge in [-0.25, -0.2) is 0 Å². The van der Waals surface area contributed by atoms with Crippen LogP contribution in [0.2, 0.25) is 0 Å². The van der Waals surface area contributed by atoms with Crippen molar-refractivity contribution < 1.29 is 19.1 Å². The summed E-state index contributed by atoms with van der Waals surface area (Å²) in [5.41, 5.74) is 2.74. The Labute approximate surface area is 204 Å². The monoisotopic (exact) mass is 468 g/mol. The first kappa shape index (κ1) is 27.2. The molecule has 34 heavy (non-hydrogen) atoms. The number of carbonyl (C=O) groups is 2. The molecule has 0 aliphatic carbocycles. The molecule has 0 aliphatic heterocycles. The maximum Gasteiger partial charge on any atom is 0.242 e. The first-order valence-corrected chi connectivity index (χ1v) is 12.1. The molecule has 0 saturated heterocycles. The third-order valence-electron chi connectivity index (χ3n) is 5.34. The van der Waals surface area contributed by atoms with Crippen LogP contribution in [0.15, 0.2) is 42.5 Å². The molecule has 2 aromatic carbocycles. The number of hydrogen-bond acceptors (Lipinski definition) is 4. The molecule has 2 amide bonds. The highest BCUT2D eigenvalue weighted by molar-refractivity contribution is 5.87. The van der Waals surface area contributed by atoms with Gasteiger partial charge in [-0.05, 0) is 78.1 Å². The number of hydrogen-bond donors (Lipinski definition) is 1. The number of ether oxygens (including phenoxy) is 2. The number of nitrogens with one attached hydrogen (secondary N) is 1. The molecule has 186 valence electrons. The predicted molar refractivity (Wildman–Crippen MR) is 136 cm³/mol. The smallest absolute Gasteiger partial charge is 0.242 e. The van der Waals surface area contributed by atoms with E-state index < -0.39 is 6.04 Å². The van der Waals surface area contributed by atoms with Crippen LogP contribution in [0, 0.1) is 6.92 Å². The third kappa shape index (κ3) is 8.40. The van der Waals surface area contributed by atoms with Crippen molar-refractivity contribution in [2.75, 3.05) is 13.2 Å². The lowest BCUT2D eigenvalue weighted by atomic mass is 10.1. The standard InChI is InChI=1S/C28H40N2O4/c1-8-33-24-15-13-22(18-25(24)34-9-2)14-16-26(31)30(19-23-12-10-11-20(3)17-23)21(4)27(32)29-28(5,6)7/h10-13,15,17-18,21H,8-9,14,16,19H2,1-7H3,(H,29,32)/t21-/m1/s1. The van der Waals surface area contributed by atoms with Crippen molar-refractivity contribution in [3.63, 3.8) is 0 Å². The topological polar surface area (TPSA) is 67.9 Å². The largest absolute Gasteiger partial charge is 0.490 e. The van der Waals surface area contributed by atoms with E-state index in [2.05, 4.69) is 11.4 Å². The van der Waals surface area contributed by atoms with Gasteiger partial charge in [0.2, 0.25) is 11.8 Å². The second kappa shape index (κ2) is 12.4. The summed E-state index contributed by atoms with van der Waals surface area (Å²) in [6.07, 6.45) is 0.835. The molecular formula is C28H40N2O4. The number of benzene rings is 2. The molecule has 2 aromatic rings. The normalized spacial score (nSPS) is 12.1. The van der Waals surface area contributed by atoms with E-state index in [9.17, 15) is 9.59 Å². The van der Waals surface area contributed by atoms with Crippen molar-refractivity contribution in [1.82, 2.24) is 10.2 Å². The minimum Gasteiger partial charge on any atom is -0.490 e. The Morgan fingerprint density at radius 3 is 2.26 bits per heavy atom. The van der Waals surface area contributed by atoms with Crippen molar-refractivity contribution in [3.8, 4) is 11.5 Å². The van der Waals surface area contributed by atoms with Gasteiger partial charge in [-0.2, -0.15) is 0 Å². The summed E-state index contributed by atoms with van der Waals surface area (Å²) in [6, 6.07) is 13.2. The van der Waals surface area contributed by atoms with E-state index in [0.29, 0.717) is 44.1 Å². The van der Waals surface area contributed by atoms with Crippen LogP contribution in [0.25, 0.3) is 0 Å². The van der Waals surface area contributed by atoms with E-state index in [1.54, 1.807) is 11.8 Å². The van der Waals surface area contributed by atoms with Gasteiger partial charge in [-0.3, -0.25) is 9.59 Å². The van der Waals surface area contributed by atoms with Gasteiger partial charge in [0.1, 0.15) is 6.04 Å². The highest BCUT2D eigenvalue weighted by Gasteiger charge is 2.28. The van der Waals surface area contributed by atoms with Gasteiger partial charge < -0.3 is 19.7 Å². The molecule has 2 rings (SSSR count). The van der Waals surface area contributed by atoms with E-state index in [4.69, 9.17) is 9.47 Å². The molecule has 0 aliphatic rings. The van der Waals surface area contributed by atoms with Crippen LogP contribution in [-0.4, -0.2) is 41.5 Å². The summed E-state index contributed by atoms with van der Waals surface area (Å²) in [5.74, 6) is 1.16. The minimum absolute atomic E-state index is 0.0649. The Hall–Kier alpha value is -3.02. The van der Waals surface area contributed by atoms with E-state index >= 15 is 0 Å². The first-order chi connectivity index (χ1) is 16.0. The zero-order valence-corrected chi connectivity index (χ0v) is 21.7. The van der Waals surface area contributed by atoms with Gasteiger partial charge in [-0.15, -0.1) is 0 Å². The fourth-order valence-electron chi connectivity index (χ4n) is 3.71. The molecule has 0 heterocycles. The molecule has 6 nitrogen and oxygen atoms in total. The van der Waals surface area contributed by atoms with E-state index in [1.165, 1.54) is 0 Å². The van der Waals surface area contributed by atoms with E-state index in [-0.39, 0.29) is 17.4 Å². The first-order valence-electron chi connectivity index (χ1n) is 12.1. The summed E-state index contributed by atoms with van der Waals surface area (Å²) in [6.45, 7) is 15.0. The molecule has 1 N–H and O–H groups in total. The van der Waals surface area contributed by atoms with Crippen molar-refractivity contribution in [2.45, 2.75) is 79.4 Å². The molecule has 0 fully saturated rings. The molecule has 0 spiro atoms. The maximum absolute atomic E-state index is 13.4. The van der Waals surface area contributed by atoms with Crippen LogP contribution in [0.4, 0.5) is 0 Å². The molecule has 0 bridgehead atoms. The van der Waals surface area contributed by atoms with Crippen LogP contribution in [0.1, 0.15) is 64.7 Å². The summed E-state index contributed by atoms with van der Waals surface area (Å²) in [4.78, 5) is 28.0. The molecular weight excluding hydrogens is 428 g/mol. The molecule has 0 saturated carbocycles. The Balaban J connectivity index is 2.20. The van der Waals surface area contributed by atoms with Gasteiger partial charge in [0.05, 0.1) is 13.2 Å². The molecule has 0 unspecified atom stereocenters. The third-order valence-corrected chi connectivity index (χ3v) is 5.34. The lowest BCUT2D eigenvalue weighted by molar-refractivity contribution is -0.141. The highest BCUT2D eigenvalue weighted by Crippen LogP contribution is 2.29. The fraction of sp³-hybridized carbons (Fsp3) is 0.500. The number of aryl methyl sites for hydroxylation is 2. The number of carbonyl (C=O) groups excluding carboxylic acids is 2.